The van der Waals surface area contributed by atoms with Gasteiger partial charge in [0, 0.05) is 20.1 Å². The van der Waals surface area contributed by atoms with Crippen molar-refractivity contribution >= 4 is 48.4 Å². The summed E-state index contributed by atoms with van der Waals surface area (Å²) in [4.78, 5) is 12.9. The molecule has 0 heterocycles. The van der Waals surface area contributed by atoms with Gasteiger partial charge in [-0.3, -0.25) is 4.79 Å². The normalized spacial score (nSPS) is 10.8. The highest BCUT2D eigenvalue weighted by atomic mass is 79.9. The molecule has 0 fully saturated rings. The minimum atomic E-state index is 0.0364. The Balaban J connectivity index is 2.23. The van der Waals surface area contributed by atoms with Crippen molar-refractivity contribution in [2.45, 2.75) is 6.92 Å². The summed E-state index contributed by atoms with van der Waals surface area (Å²) >= 11 is 7.02. The molecule has 0 atom stereocenters. The lowest BCUT2D eigenvalue weighted by Gasteiger charge is -2.09. The van der Waals surface area contributed by atoms with E-state index >= 15 is 0 Å². The second kappa shape index (κ2) is 5.74. The number of benzene rings is 3. The lowest BCUT2D eigenvalue weighted by Crippen LogP contribution is -2.04. The number of hydrogen-bond donors (Lipinski definition) is 0. The third-order valence-corrected chi connectivity index (χ3v) is 4.86. The van der Waals surface area contributed by atoms with Crippen LogP contribution in [-0.2, 0) is 0 Å². The number of carbonyl (C=O) groups is 1. The van der Waals surface area contributed by atoms with Crippen LogP contribution in [0.2, 0.25) is 0 Å². The van der Waals surface area contributed by atoms with Gasteiger partial charge in [-0.2, -0.15) is 0 Å². The Bertz CT molecular complexity index is 853. The number of hydrogen-bond acceptors (Lipinski definition) is 1. The van der Waals surface area contributed by atoms with Crippen molar-refractivity contribution in [3.63, 3.8) is 0 Å². The third kappa shape index (κ3) is 2.68. The maximum absolute atomic E-state index is 12.9. The molecular formula is C18H12Br2O. The van der Waals surface area contributed by atoms with Gasteiger partial charge in [-0.1, -0.05) is 67.8 Å². The van der Waals surface area contributed by atoms with E-state index < -0.39 is 0 Å². The van der Waals surface area contributed by atoms with Gasteiger partial charge < -0.3 is 0 Å². The molecule has 0 N–H and O–H groups in total. The second-order valence-electron chi connectivity index (χ2n) is 4.95. The highest BCUT2D eigenvalue weighted by Crippen LogP contribution is 2.30. The molecule has 0 saturated heterocycles. The summed E-state index contributed by atoms with van der Waals surface area (Å²) < 4.78 is 1.82. The first-order chi connectivity index (χ1) is 10.1. The zero-order chi connectivity index (χ0) is 15.0. The van der Waals surface area contributed by atoms with Crippen molar-refractivity contribution in [2.24, 2.45) is 0 Å². The number of fused-ring (bicyclic) bond motifs is 1. The zero-order valence-corrected chi connectivity index (χ0v) is 14.5. The molecule has 3 aromatic rings. The topological polar surface area (TPSA) is 17.1 Å². The standard InChI is InChI=1S/C18H12Br2O/c1-11-6-8-17(20)15(10-11)18(21)14-7-9-16(19)13-5-3-2-4-12(13)14/h2-10H,1H3. The van der Waals surface area contributed by atoms with E-state index in [-0.39, 0.29) is 5.78 Å². The summed E-state index contributed by atoms with van der Waals surface area (Å²) in [6, 6.07) is 17.6. The summed E-state index contributed by atoms with van der Waals surface area (Å²) in [5.74, 6) is 0.0364. The summed E-state index contributed by atoms with van der Waals surface area (Å²) in [5.41, 5.74) is 2.49. The van der Waals surface area contributed by atoms with E-state index in [1.807, 2.05) is 61.5 Å². The van der Waals surface area contributed by atoms with Gasteiger partial charge in [0.05, 0.1) is 0 Å². The molecule has 0 aliphatic carbocycles. The van der Waals surface area contributed by atoms with Crippen LogP contribution in [0.1, 0.15) is 21.5 Å². The predicted molar refractivity (Wildman–Crippen MR) is 94.0 cm³/mol. The number of rotatable bonds is 2. The van der Waals surface area contributed by atoms with Gasteiger partial charge >= 0.3 is 0 Å². The minimum Gasteiger partial charge on any atom is -0.289 e. The summed E-state index contributed by atoms with van der Waals surface area (Å²) in [5, 5.41) is 2.01. The molecule has 0 aromatic heterocycles. The Morgan fingerprint density at radius 1 is 0.810 bits per heavy atom. The molecule has 3 aromatic carbocycles. The molecule has 0 radical (unpaired) electrons. The summed E-state index contributed by atoms with van der Waals surface area (Å²) in [6.45, 7) is 1.99. The second-order valence-corrected chi connectivity index (χ2v) is 6.66. The first kappa shape index (κ1) is 14.5. The van der Waals surface area contributed by atoms with E-state index in [1.54, 1.807) is 0 Å². The number of halogens is 2. The van der Waals surface area contributed by atoms with Crippen LogP contribution in [0, 0.1) is 6.92 Å². The largest absolute Gasteiger partial charge is 0.289 e. The van der Waals surface area contributed by atoms with Gasteiger partial charge in [-0.05, 0) is 42.0 Å². The van der Waals surface area contributed by atoms with Gasteiger partial charge in [0.15, 0.2) is 5.78 Å². The van der Waals surface area contributed by atoms with Crippen LogP contribution in [0.25, 0.3) is 10.8 Å². The molecule has 0 bridgehead atoms. The van der Waals surface area contributed by atoms with Crippen LogP contribution in [0.15, 0.2) is 63.5 Å². The Kier molecular flexibility index (Phi) is 3.96. The minimum absolute atomic E-state index is 0.0364. The number of carbonyl (C=O) groups excluding carboxylic acids is 1. The van der Waals surface area contributed by atoms with Crippen LogP contribution in [0.4, 0.5) is 0 Å². The molecule has 3 heteroatoms. The first-order valence-electron chi connectivity index (χ1n) is 6.56. The lowest BCUT2D eigenvalue weighted by atomic mass is 9.96. The van der Waals surface area contributed by atoms with Gasteiger partial charge in [0.25, 0.3) is 0 Å². The quantitative estimate of drug-likeness (QED) is 0.486. The molecule has 0 spiro atoms. The van der Waals surface area contributed by atoms with Crippen molar-refractivity contribution in [1.29, 1.82) is 0 Å². The first-order valence-corrected chi connectivity index (χ1v) is 8.14. The number of ketones is 1. The highest BCUT2D eigenvalue weighted by molar-refractivity contribution is 9.11. The maximum atomic E-state index is 12.9. The Morgan fingerprint density at radius 2 is 1.48 bits per heavy atom. The van der Waals surface area contributed by atoms with Crippen molar-refractivity contribution in [1.82, 2.24) is 0 Å². The van der Waals surface area contributed by atoms with Crippen LogP contribution < -0.4 is 0 Å². The van der Waals surface area contributed by atoms with Crippen molar-refractivity contribution < 1.29 is 4.79 Å². The van der Waals surface area contributed by atoms with Gasteiger partial charge in [-0.15, -0.1) is 0 Å². The third-order valence-electron chi connectivity index (χ3n) is 3.48. The van der Waals surface area contributed by atoms with Crippen LogP contribution >= 0.6 is 31.9 Å². The molecule has 0 saturated carbocycles. The molecule has 21 heavy (non-hydrogen) atoms. The van der Waals surface area contributed by atoms with E-state index in [2.05, 4.69) is 31.9 Å². The molecule has 0 aliphatic heterocycles. The van der Waals surface area contributed by atoms with E-state index in [1.165, 1.54) is 0 Å². The SMILES string of the molecule is Cc1ccc(Br)c(C(=O)c2ccc(Br)c3ccccc23)c1. The van der Waals surface area contributed by atoms with Crippen molar-refractivity contribution in [3.8, 4) is 0 Å². The summed E-state index contributed by atoms with van der Waals surface area (Å²) in [7, 11) is 0. The van der Waals surface area contributed by atoms with Gasteiger partial charge in [-0.25, -0.2) is 0 Å². The fourth-order valence-corrected chi connectivity index (χ4v) is 3.32. The predicted octanol–water partition coefficient (Wildman–Crippen LogP) is 5.90. The molecule has 1 nitrogen and oxygen atoms in total. The molecule has 0 aliphatic rings. The van der Waals surface area contributed by atoms with Gasteiger partial charge in [0.1, 0.15) is 0 Å². The van der Waals surface area contributed by atoms with Crippen LogP contribution in [0.3, 0.4) is 0 Å². The molecular weight excluding hydrogens is 392 g/mol. The monoisotopic (exact) mass is 402 g/mol. The van der Waals surface area contributed by atoms with E-state index in [0.29, 0.717) is 5.56 Å². The van der Waals surface area contributed by atoms with Crippen molar-refractivity contribution in [3.05, 3.63) is 80.2 Å². The van der Waals surface area contributed by atoms with Crippen LogP contribution in [-0.4, -0.2) is 5.78 Å². The average molecular weight is 404 g/mol. The zero-order valence-electron chi connectivity index (χ0n) is 11.4. The molecule has 0 unspecified atom stereocenters. The average Bonchev–Trinajstić information content (AvgIpc) is 2.50. The Labute approximate surface area is 140 Å². The van der Waals surface area contributed by atoms with E-state index in [9.17, 15) is 4.79 Å². The van der Waals surface area contributed by atoms with E-state index in [0.717, 1.165) is 30.8 Å². The maximum Gasteiger partial charge on any atom is 0.194 e. The number of aryl methyl sites for hydroxylation is 1. The van der Waals surface area contributed by atoms with Crippen molar-refractivity contribution in [2.75, 3.05) is 0 Å². The van der Waals surface area contributed by atoms with Gasteiger partial charge in [0.2, 0.25) is 0 Å². The fraction of sp³-hybridized carbons (Fsp3) is 0.0556. The molecule has 104 valence electrons. The Morgan fingerprint density at radius 3 is 2.24 bits per heavy atom. The fourth-order valence-electron chi connectivity index (χ4n) is 2.42. The lowest BCUT2D eigenvalue weighted by molar-refractivity contribution is 0.103. The Hall–Kier alpha value is -1.45. The molecule has 0 amide bonds. The van der Waals surface area contributed by atoms with Crippen LogP contribution in [0.5, 0.6) is 0 Å². The summed E-state index contributed by atoms with van der Waals surface area (Å²) in [6.07, 6.45) is 0. The molecule has 3 rings (SSSR count). The highest BCUT2D eigenvalue weighted by Gasteiger charge is 2.16. The van der Waals surface area contributed by atoms with E-state index in [4.69, 9.17) is 0 Å². The smallest absolute Gasteiger partial charge is 0.194 e.